The van der Waals surface area contributed by atoms with Crippen molar-refractivity contribution in [2.45, 2.75) is 39.7 Å². The Bertz CT molecular complexity index is 512. The molecule has 0 unspecified atom stereocenters. The van der Waals surface area contributed by atoms with Gasteiger partial charge >= 0.3 is 0 Å². The number of hydrogen-bond donors (Lipinski definition) is 1. The molecule has 0 aliphatic heterocycles. The summed E-state index contributed by atoms with van der Waals surface area (Å²) in [6, 6.07) is 6.55. The number of benzene rings is 1. The number of tetrazole rings is 1. The van der Waals surface area contributed by atoms with Gasteiger partial charge in [-0.3, -0.25) is 0 Å². The fourth-order valence-corrected chi connectivity index (χ4v) is 2.28. The lowest BCUT2D eigenvalue weighted by Gasteiger charge is -2.06. The number of rotatable bonds is 6. The third-order valence-electron chi connectivity index (χ3n) is 3.07. The quantitative estimate of drug-likeness (QED) is 0.800. The van der Waals surface area contributed by atoms with Crippen LogP contribution in [0.5, 0.6) is 0 Å². The normalized spacial score (nSPS) is 10.9. The van der Waals surface area contributed by atoms with E-state index < -0.39 is 0 Å². The van der Waals surface area contributed by atoms with E-state index in [0.717, 1.165) is 31.6 Å². The van der Waals surface area contributed by atoms with Gasteiger partial charge < -0.3 is 5.73 Å². The average Bonchev–Trinajstić information content (AvgIpc) is 2.76. The zero-order valence-electron chi connectivity index (χ0n) is 11.6. The van der Waals surface area contributed by atoms with Gasteiger partial charge in [0.15, 0.2) is 5.82 Å². The molecule has 2 N–H and O–H groups in total. The molecule has 5 nitrogen and oxygen atoms in total. The van der Waals surface area contributed by atoms with E-state index in [1.165, 1.54) is 16.7 Å². The van der Waals surface area contributed by atoms with Crippen molar-refractivity contribution in [1.82, 2.24) is 20.2 Å². The lowest BCUT2D eigenvalue weighted by Crippen LogP contribution is -2.09. The number of aryl methyl sites for hydroxylation is 3. The molecule has 0 fully saturated rings. The first-order valence-electron chi connectivity index (χ1n) is 6.71. The molecular formula is C14H21N5. The van der Waals surface area contributed by atoms with Crippen LogP contribution in [-0.2, 0) is 13.0 Å². The smallest absolute Gasteiger partial charge is 0.155 e. The van der Waals surface area contributed by atoms with E-state index in [1.807, 2.05) is 4.68 Å². The van der Waals surface area contributed by atoms with Crippen LogP contribution in [0.4, 0.5) is 0 Å². The van der Waals surface area contributed by atoms with E-state index in [-0.39, 0.29) is 0 Å². The molecule has 102 valence electrons. The standard InChI is InChI=1S/C14H21N5/c1-11-7-12(2)9-13(8-11)10-14-16-17-18-19(14)6-4-3-5-15/h7-9H,3-6,10,15H2,1-2H3. The molecule has 2 rings (SSSR count). The van der Waals surface area contributed by atoms with E-state index in [1.54, 1.807) is 0 Å². The van der Waals surface area contributed by atoms with Gasteiger partial charge in [0.25, 0.3) is 0 Å². The summed E-state index contributed by atoms with van der Waals surface area (Å²) in [7, 11) is 0. The van der Waals surface area contributed by atoms with Crippen LogP contribution in [0.2, 0.25) is 0 Å². The Labute approximate surface area is 113 Å². The molecule has 5 heteroatoms. The maximum Gasteiger partial charge on any atom is 0.155 e. The van der Waals surface area contributed by atoms with Gasteiger partial charge in [-0.05, 0) is 49.2 Å². The zero-order valence-corrected chi connectivity index (χ0v) is 11.6. The number of nitrogens with zero attached hydrogens (tertiary/aromatic N) is 4. The van der Waals surface area contributed by atoms with Gasteiger partial charge in [-0.1, -0.05) is 29.3 Å². The van der Waals surface area contributed by atoms with E-state index in [4.69, 9.17) is 5.73 Å². The number of aromatic nitrogens is 4. The predicted molar refractivity (Wildman–Crippen MR) is 74.8 cm³/mol. The summed E-state index contributed by atoms with van der Waals surface area (Å²) >= 11 is 0. The highest BCUT2D eigenvalue weighted by Crippen LogP contribution is 2.12. The molecule has 0 saturated heterocycles. The average molecular weight is 259 g/mol. The van der Waals surface area contributed by atoms with Crippen LogP contribution in [0.15, 0.2) is 18.2 Å². The third kappa shape index (κ3) is 3.86. The number of nitrogens with two attached hydrogens (primary N) is 1. The molecule has 0 bridgehead atoms. The Morgan fingerprint density at radius 1 is 1.11 bits per heavy atom. The summed E-state index contributed by atoms with van der Waals surface area (Å²) in [5.74, 6) is 0.919. The van der Waals surface area contributed by atoms with Crippen molar-refractivity contribution in [3.8, 4) is 0 Å². The molecule has 0 spiro atoms. The van der Waals surface area contributed by atoms with E-state index in [0.29, 0.717) is 6.54 Å². The van der Waals surface area contributed by atoms with Gasteiger partial charge in [0.05, 0.1) is 0 Å². The molecule has 0 aliphatic rings. The molecule has 1 heterocycles. The van der Waals surface area contributed by atoms with Crippen LogP contribution in [-0.4, -0.2) is 26.8 Å². The van der Waals surface area contributed by atoms with Crippen LogP contribution in [0.3, 0.4) is 0 Å². The second-order valence-electron chi connectivity index (χ2n) is 4.99. The van der Waals surface area contributed by atoms with Crippen LogP contribution < -0.4 is 5.73 Å². The van der Waals surface area contributed by atoms with Gasteiger partial charge in [0, 0.05) is 13.0 Å². The number of hydrogen-bond acceptors (Lipinski definition) is 4. The molecule has 0 amide bonds. The van der Waals surface area contributed by atoms with Crippen LogP contribution in [0.25, 0.3) is 0 Å². The predicted octanol–water partition coefficient (Wildman–Crippen LogP) is 1.62. The second-order valence-corrected chi connectivity index (χ2v) is 4.99. The molecule has 0 radical (unpaired) electrons. The van der Waals surface area contributed by atoms with Crippen molar-refractivity contribution in [3.63, 3.8) is 0 Å². The lowest BCUT2D eigenvalue weighted by atomic mass is 10.0. The first-order chi connectivity index (χ1) is 9.19. The Morgan fingerprint density at radius 2 is 1.84 bits per heavy atom. The molecule has 0 atom stereocenters. The minimum absolute atomic E-state index is 0.717. The van der Waals surface area contributed by atoms with Crippen LogP contribution in [0, 0.1) is 13.8 Å². The summed E-state index contributed by atoms with van der Waals surface area (Å²) in [6.07, 6.45) is 2.79. The molecule has 1 aromatic heterocycles. The maximum atomic E-state index is 5.50. The minimum atomic E-state index is 0.717. The lowest BCUT2D eigenvalue weighted by molar-refractivity contribution is 0.529. The molecule has 0 aliphatic carbocycles. The summed E-state index contributed by atoms with van der Waals surface area (Å²) in [5, 5.41) is 11.9. The van der Waals surface area contributed by atoms with Gasteiger partial charge in [-0.2, -0.15) is 0 Å². The molecule has 1 aromatic carbocycles. The Morgan fingerprint density at radius 3 is 2.53 bits per heavy atom. The Balaban J connectivity index is 2.08. The first-order valence-corrected chi connectivity index (χ1v) is 6.71. The van der Waals surface area contributed by atoms with Crippen molar-refractivity contribution >= 4 is 0 Å². The van der Waals surface area contributed by atoms with Crippen molar-refractivity contribution < 1.29 is 0 Å². The number of unbranched alkanes of at least 4 members (excludes halogenated alkanes) is 1. The monoisotopic (exact) mass is 259 g/mol. The van der Waals surface area contributed by atoms with E-state index in [9.17, 15) is 0 Å². The van der Waals surface area contributed by atoms with Crippen molar-refractivity contribution in [3.05, 3.63) is 40.7 Å². The van der Waals surface area contributed by atoms with Crippen molar-refractivity contribution in [2.75, 3.05) is 6.54 Å². The fraction of sp³-hybridized carbons (Fsp3) is 0.500. The molecular weight excluding hydrogens is 238 g/mol. The highest BCUT2D eigenvalue weighted by atomic mass is 15.5. The van der Waals surface area contributed by atoms with E-state index >= 15 is 0 Å². The fourth-order valence-electron chi connectivity index (χ4n) is 2.28. The van der Waals surface area contributed by atoms with Crippen molar-refractivity contribution in [1.29, 1.82) is 0 Å². The van der Waals surface area contributed by atoms with Crippen LogP contribution >= 0.6 is 0 Å². The topological polar surface area (TPSA) is 69.6 Å². The summed E-state index contributed by atoms with van der Waals surface area (Å²) in [6.45, 7) is 5.78. The second kappa shape index (κ2) is 6.43. The maximum absolute atomic E-state index is 5.50. The molecule has 0 saturated carbocycles. The first kappa shape index (κ1) is 13.7. The molecule has 2 aromatic rings. The van der Waals surface area contributed by atoms with Gasteiger partial charge in [-0.25, -0.2) is 4.68 Å². The third-order valence-corrected chi connectivity index (χ3v) is 3.07. The van der Waals surface area contributed by atoms with Gasteiger partial charge in [0.2, 0.25) is 0 Å². The Kier molecular flexibility index (Phi) is 4.63. The largest absolute Gasteiger partial charge is 0.330 e. The Hall–Kier alpha value is -1.75. The SMILES string of the molecule is Cc1cc(C)cc(Cc2nnnn2CCCCN)c1. The summed E-state index contributed by atoms with van der Waals surface area (Å²) < 4.78 is 1.88. The highest BCUT2D eigenvalue weighted by Gasteiger charge is 2.07. The highest BCUT2D eigenvalue weighted by molar-refractivity contribution is 5.30. The molecule has 19 heavy (non-hydrogen) atoms. The van der Waals surface area contributed by atoms with Crippen LogP contribution in [0.1, 0.15) is 35.4 Å². The van der Waals surface area contributed by atoms with Crippen molar-refractivity contribution in [2.24, 2.45) is 5.73 Å². The minimum Gasteiger partial charge on any atom is -0.330 e. The summed E-state index contributed by atoms with van der Waals surface area (Å²) in [4.78, 5) is 0. The zero-order chi connectivity index (χ0) is 13.7. The summed E-state index contributed by atoms with van der Waals surface area (Å²) in [5.41, 5.74) is 9.31. The van der Waals surface area contributed by atoms with Gasteiger partial charge in [0.1, 0.15) is 0 Å². The van der Waals surface area contributed by atoms with Gasteiger partial charge in [-0.15, -0.1) is 5.10 Å². The van der Waals surface area contributed by atoms with E-state index in [2.05, 4.69) is 47.6 Å².